The fraction of sp³-hybridized carbons (Fsp3) is 0.944. The first-order chi connectivity index (χ1) is 9.83. The van der Waals surface area contributed by atoms with E-state index < -0.39 is 5.97 Å². The minimum Gasteiger partial charge on any atom is -0.550 e. The summed E-state index contributed by atoms with van der Waals surface area (Å²) in [5.74, 6) is -0.943. The van der Waals surface area contributed by atoms with Gasteiger partial charge in [-0.15, -0.1) is 0 Å². The highest BCUT2D eigenvalue weighted by molar-refractivity contribution is 5.63. The summed E-state index contributed by atoms with van der Waals surface area (Å²) in [6.45, 7) is 5.55. The SMILES string of the molecule is CCCCC(=O)[O-].CCCCCCCCCC[N+](C)(C)C. The summed E-state index contributed by atoms with van der Waals surface area (Å²) in [5.41, 5.74) is 0. The van der Waals surface area contributed by atoms with Gasteiger partial charge in [-0.1, -0.05) is 58.8 Å². The van der Waals surface area contributed by atoms with Crippen molar-refractivity contribution in [2.24, 2.45) is 0 Å². The summed E-state index contributed by atoms with van der Waals surface area (Å²) in [7, 11) is 6.84. The molecule has 0 amide bonds. The number of carboxylic acid groups (broad SMARTS) is 1. The van der Waals surface area contributed by atoms with E-state index in [1.54, 1.807) is 0 Å². The average Bonchev–Trinajstić information content (AvgIpc) is 2.39. The van der Waals surface area contributed by atoms with Gasteiger partial charge in [-0.2, -0.15) is 0 Å². The fourth-order valence-corrected chi connectivity index (χ4v) is 2.04. The molecule has 0 heterocycles. The predicted octanol–water partition coefficient (Wildman–Crippen LogP) is 3.76. The zero-order valence-electron chi connectivity index (χ0n) is 15.2. The van der Waals surface area contributed by atoms with Crippen molar-refractivity contribution in [1.29, 1.82) is 0 Å². The molecule has 0 unspecified atom stereocenters. The molecule has 0 aliphatic carbocycles. The second-order valence-electron chi connectivity index (χ2n) is 6.96. The van der Waals surface area contributed by atoms with Crippen LogP contribution in [0, 0.1) is 0 Å². The van der Waals surface area contributed by atoms with Gasteiger partial charge in [0.15, 0.2) is 0 Å². The molecule has 3 heteroatoms. The quantitative estimate of drug-likeness (QED) is 0.407. The fourth-order valence-electron chi connectivity index (χ4n) is 2.04. The van der Waals surface area contributed by atoms with E-state index in [0.717, 1.165) is 17.3 Å². The Bertz CT molecular complexity index is 222. The van der Waals surface area contributed by atoms with Gasteiger partial charge < -0.3 is 14.4 Å². The van der Waals surface area contributed by atoms with Crippen LogP contribution in [0.25, 0.3) is 0 Å². The Morgan fingerprint density at radius 2 is 1.19 bits per heavy atom. The van der Waals surface area contributed by atoms with Crippen LogP contribution in [0.15, 0.2) is 0 Å². The van der Waals surface area contributed by atoms with Crippen molar-refractivity contribution in [1.82, 2.24) is 0 Å². The molecule has 0 aromatic heterocycles. The molecule has 128 valence electrons. The van der Waals surface area contributed by atoms with Crippen LogP contribution >= 0.6 is 0 Å². The van der Waals surface area contributed by atoms with Crippen molar-refractivity contribution in [2.75, 3.05) is 27.7 Å². The van der Waals surface area contributed by atoms with E-state index in [0.29, 0.717) is 0 Å². The van der Waals surface area contributed by atoms with Crippen molar-refractivity contribution in [3.05, 3.63) is 0 Å². The Morgan fingerprint density at radius 3 is 1.52 bits per heavy atom. The number of hydrogen-bond acceptors (Lipinski definition) is 2. The van der Waals surface area contributed by atoms with Gasteiger partial charge in [0.25, 0.3) is 0 Å². The van der Waals surface area contributed by atoms with Crippen LogP contribution < -0.4 is 5.11 Å². The maximum absolute atomic E-state index is 9.65. The van der Waals surface area contributed by atoms with Crippen molar-refractivity contribution in [3.8, 4) is 0 Å². The number of unbranched alkanes of at least 4 members (excludes halogenated alkanes) is 8. The Balaban J connectivity index is 0. The van der Waals surface area contributed by atoms with Crippen LogP contribution in [0.2, 0.25) is 0 Å². The van der Waals surface area contributed by atoms with E-state index in [-0.39, 0.29) is 6.42 Å². The molecule has 0 atom stereocenters. The molecule has 0 fully saturated rings. The van der Waals surface area contributed by atoms with E-state index in [9.17, 15) is 9.90 Å². The summed E-state index contributed by atoms with van der Waals surface area (Å²) in [5, 5.41) is 9.65. The van der Waals surface area contributed by atoms with Crippen LogP contribution in [0.3, 0.4) is 0 Å². The highest BCUT2D eigenvalue weighted by Crippen LogP contribution is 2.09. The molecule has 0 aliphatic rings. The number of hydrogen-bond donors (Lipinski definition) is 0. The van der Waals surface area contributed by atoms with Crippen LogP contribution in [0.1, 0.15) is 84.5 Å². The Kier molecular flexibility index (Phi) is 17.1. The number of rotatable bonds is 12. The van der Waals surface area contributed by atoms with Crippen molar-refractivity contribution >= 4 is 5.97 Å². The Morgan fingerprint density at radius 1 is 0.762 bits per heavy atom. The van der Waals surface area contributed by atoms with E-state index in [1.165, 1.54) is 57.9 Å². The van der Waals surface area contributed by atoms with Gasteiger partial charge in [-0.3, -0.25) is 0 Å². The topological polar surface area (TPSA) is 40.1 Å². The van der Waals surface area contributed by atoms with Crippen LogP contribution in [-0.4, -0.2) is 38.1 Å². The minimum atomic E-state index is -0.943. The number of aliphatic carboxylic acids is 1. The number of nitrogens with zero attached hydrogens (tertiary/aromatic N) is 1. The van der Waals surface area contributed by atoms with Gasteiger partial charge in [0.2, 0.25) is 0 Å². The molecule has 0 spiro atoms. The van der Waals surface area contributed by atoms with Gasteiger partial charge >= 0.3 is 0 Å². The van der Waals surface area contributed by atoms with Crippen LogP contribution in [0.4, 0.5) is 0 Å². The Hall–Kier alpha value is -0.570. The molecule has 0 bridgehead atoms. The summed E-state index contributed by atoms with van der Waals surface area (Å²) in [4.78, 5) is 9.65. The lowest BCUT2D eigenvalue weighted by molar-refractivity contribution is -0.870. The largest absolute Gasteiger partial charge is 0.550 e. The van der Waals surface area contributed by atoms with Gasteiger partial charge in [0.1, 0.15) is 0 Å². The summed E-state index contributed by atoms with van der Waals surface area (Å²) < 4.78 is 1.12. The number of carbonyl (C=O) groups excluding carboxylic acids is 1. The van der Waals surface area contributed by atoms with E-state index >= 15 is 0 Å². The zero-order chi connectivity index (χ0) is 16.6. The van der Waals surface area contributed by atoms with Gasteiger partial charge in [0, 0.05) is 5.97 Å². The van der Waals surface area contributed by atoms with Crippen molar-refractivity contribution in [3.63, 3.8) is 0 Å². The van der Waals surface area contributed by atoms with Gasteiger partial charge in [-0.05, 0) is 25.7 Å². The molecule has 0 aliphatic heterocycles. The monoisotopic (exact) mass is 301 g/mol. The molecule has 0 saturated carbocycles. The third-order valence-electron chi connectivity index (χ3n) is 3.42. The number of quaternary nitrogens is 1. The molecule has 0 radical (unpaired) electrons. The first-order valence-corrected chi connectivity index (χ1v) is 8.83. The highest BCUT2D eigenvalue weighted by Gasteiger charge is 2.04. The predicted molar refractivity (Wildman–Crippen MR) is 90.0 cm³/mol. The third-order valence-corrected chi connectivity index (χ3v) is 3.42. The van der Waals surface area contributed by atoms with Crippen molar-refractivity contribution < 1.29 is 14.4 Å². The molecule has 0 N–H and O–H groups in total. The standard InChI is InChI=1S/C13H30N.C5H10O2/c1-5-6-7-8-9-10-11-12-13-14(2,3)4;1-2-3-4-5(6)7/h5-13H2,1-4H3;2-4H2,1H3,(H,6,7)/q+1;/p-1. The second kappa shape index (κ2) is 15.8. The lowest BCUT2D eigenvalue weighted by Gasteiger charge is -2.23. The molecule has 0 saturated heterocycles. The highest BCUT2D eigenvalue weighted by atomic mass is 16.4. The van der Waals surface area contributed by atoms with Crippen LogP contribution in [0.5, 0.6) is 0 Å². The number of carboxylic acids is 1. The van der Waals surface area contributed by atoms with Gasteiger partial charge in [-0.25, -0.2) is 0 Å². The third kappa shape index (κ3) is 28.3. The molecule has 0 aromatic carbocycles. The summed E-state index contributed by atoms with van der Waals surface area (Å²) >= 11 is 0. The van der Waals surface area contributed by atoms with E-state index in [1.807, 2.05) is 6.92 Å². The summed E-state index contributed by atoms with van der Waals surface area (Å²) in [6, 6.07) is 0. The molecule has 21 heavy (non-hydrogen) atoms. The lowest BCUT2D eigenvalue weighted by Crippen LogP contribution is -2.35. The molecule has 3 nitrogen and oxygen atoms in total. The maximum Gasteiger partial charge on any atom is 0.0780 e. The summed E-state index contributed by atoms with van der Waals surface area (Å²) in [6.07, 6.45) is 13.3. The van der Waals surface area contributed by atoms with Gasteiger partial charge in [0.05, 0.1) is 27.7 Å². The first kappa shape index (κ1) is 22.7. The molecular formula is C18H39NO2. The normalized spacial score (nSPS) is 10.9. The zero-order valence-corrected chi connectivity index (χ0v) is 15.2. The molecule has 0 aromatic rings. The Labute approximate surface area is 133 Å². The van der Waals surface area contributed by atoms with E-state index in [2.05, 4.69) is 28.1 Å². The van der Waals surface area contributed by atoms with Crippen molar-refractivity contribution in [2.45, 2.75) is 84.5 Å². The second-order valence-corrected chi connectivity index (χ2v) is 6.96. The first-order valence-electron chi connectivity index (χ1n) is 8.83. The van der Waals surface area contributed by atoms with Crippen LogP contribution in [-0.2, 0) is 4.79 Å². The smallest absolute Gasteiger partial charge is 0.0780 e. The lowest BCUT2D eigenvalue weighted by atomic mass is 10.1. The van der Waals surface area contributed by atoms with E-state index in [4.69, 9.17) is 0 Å². The minimum absolute atomic E-state index is 0.205. The maximum atomic E-state index is 9.65. The average molecular weight is 302 g/mol. The number of carbonyl (C=O) groups is 1. The molecular weight excluding hydrogens is 262 g/mol. The molecule has 0 rings (SSSR count).